The molecule has 0 aliphatic heterocycles. The van der Waals surface area contributed by atoms with E-state index in [9.17, 15) is 0 Å². The zero-order valence-electron chi connectivity index (χ0n) is 4.85. The molecule has 0 saturated carbocycles. The molecule has 0 fully saturated rings. The minimum absolute atomic E-state index is 0. The molecule has 0 saturated heterocycles. The summed E-state index contributed by atoms with van der Waals surface area (Å²) in [6.07, 6.45) is 0.932. The first-order valence-electron chi connectivity index (χ1n) is 2.45. The van der Waals surface area contributed by atoms with Crippen LogP contribution in [0.3, 0.4) is 0 Å². The number of methoxy groups -OCH3 is 1. The molecule has 0 aromatic rings. The second-order valence-corrected chi connectivity index (χ2v) is 1.56. The van der Waals surface area contributed by atoms with Crippen molar-refractivity contribution in [1.29, 1.82) is 0 Å². The number of hydrogen-bond acceptors (Lipinski definition) is 2. The third-order valence-corrected chi connectivity index (χ3v) is 0.938. The van der Waals surface area contributed by atoms with Gasteiger partial charge in [-0.3, -0.25) is 0 Å². The van der Waals surface area contributed by atoms with Gasteiger partial charge in [-0.1, -0.05) is 0 Å². The average molecular weight is 146 g/mol. The summed E-state index contributed by atoms with van der Waals surface area (Å²) < 4.78 is 4.83. The van der Waals surface area contributed by atoms with Gasteiger partial charge < -0.3 is 9.84 Å². The normalized spacial score (nSPS) is 12.4. The standard InChI is InChI=1S/C5H12O2.Ca.2H/c1-5(7-2)3-4-6;;;/h5-6H,3-4H2,1-2H3;;;. The summed E-state index contributed by atoms with van der Waals surface area (Å²) in [4.78, 5) is 0. The maximum absolute atomic E-state index is 8.29. The first kappa shape index (κ1) is 11.9. The van der Waals surface area contributed by atoms with Crippen LogP contribution in [0.15, 0.2) is 0 Å². The Balaban J connectivity index is 0. The van der Waals surface area contributed by atoms with Gasteiger partial charge in [0.2, 0.25) is 0 Å². The number of ether oxygens (including phenoxy) is 1. The third-order valence-electron chi connectivity index (χ3n) is 0.938. The Morgan fingerprint density at radius 1 is 1.62 bits per heavy atom. The molecule has 0 aliphatic carbocycles. The van der Waals surface area contributed by atoms with Crippen LogP contribution in [-0.4, -0.2) is 62.7 Å². The Bertz CT molecular complexity index is 41.4. The van der Waals surface area contributed by atoms with Gasteiger partial charge in [0.05, 0.1) is 6.10 Å². The first-order chi connectivity index (χ1) is 3.31. The molecule has 0 aromatic carbocycles. The molecule has 1 atom stereocenters. The van der Waals surface area contributed by atoms with Gasteiger partial charge >= 0.3 is 37.7 Å². The molecule has 2 nitrogen and oxygen atoms in total. The van der Waals surface area contributed by atoms with Crippen LogP contribution in [0.1, 0.15) is 13.3 Å². The van der Waals surface area contributed by atoms with Crippen LogP contribution in [0.5, 0.6) is 0 Å². The van der Waals surface area contributed by atoms with Gasteiger partial charge in [-0.2, -0.15) is 0 Å². The van der Waals surface area contributed by atoms with E-state index in [1.165, 1.54) is 0 Å². The average Bonchev–Trinajstić information content (AvgIpc) is 1.68. The molecule has 0 aliphatic rings. The third kappa shape index (κ3) is 7.18. The number of hydrogen-bond donors (Lipinski definition) is 1. The van der Waals surface area contributed by atoms with E-state index in [0.717, 1.165) is 6.42 Å². The predicted molar refractivity (Wildman–Crippen MR) is 36.7 cm³/mol. The van der Waals surface area contributed by atoms with Gasteiger partial charge in [-0.15, -0.1) is 0 Å². The number of aliphatic hydroxyl groups is 1. The molecule has 0 bridgehead atoms. The summed E-state index contributed by atoms with van der Waals surface area (Å²) in [5.41, 5.74) is 0. The molecule has 0 spiro atoms. The molecule has 1 N–H and O–H groups in total. The van der Waals surface area contributed by atoms with E-state index < -0.39 is 0 Å². The van der Waals surface area contributed by atoms with Crippen LogP contribution in [0.2, 0.25) is 0 Å². The second kappa shape index (κ2) is 8.18. The zero-order valence-corrected chi connectivity index (χ0v) is 4.85. The van der Waals surface area contributed by atoms with Crippen LogP contribution < -0.4 is 0 Å². The molecular weight excluding hydrogens is 132 g/mol. The monoisotopic (exact) mass is 146 g/mol. The van der Waals surface area contributed by atoms with Gasteiger partial charge in [-0.05, 0) is 13.3 Å². The van der Waals surface area contributed by atoms with Gasteiger partial charge in [-0.25, -0.2) is 0 Å². The minimum atomic E-state index is 0. The molecule has 0 rings (SSSR count). The van der Waals surface area contributed by atoms with Crippen molar-refractivity contribution in [3.05, 3.63) is 0 Å². The van der Waals surface area contributed by atoms with Crippen molar-refractivity contribution in [2.24, 2.45) is 0 Å². The molecule has 8 heavy (non-hydrogen) atoms. The Morgan fingerprint density at radius 2 is 2.12 bits per heavy atom. The van der Waals surface area contributed by atoms with E-state index in [2.05, 4.69) is 0 Å². The molecule has 0 heterocycles. The zero-order chi connectivity index (χ0) is 5.70. The van der Waals surface area contributed by atoms with E-state index in [1.54, 1.807) is 7.11 Å². The van der Waals surface area contributed by atoms with Gasteiger partial charge in [0, 0.05) is 13.7 Å². The quantitative estimate of drug-likeness (QED) is 0.543. The summed E-state index contributed by atoms with van der Waals surface area (Å²) in [6, 6.07) is 0. The van der Waals surface area contributed by atoms with E-state index in [1.807, 2.05) is 6.92 Å². The molecule has 0 radical (unpaired) electrons. The first-order valence-corrected chi connectivity index (χ1v) is 2.45. The molecule has 1 unspecified atom stereocenters. The van der Waals surface area contributed by atoms with Crippen molar-refractivity contribution < 1.29 is 9.84 Å². The van der Waals surface area contributed by atoms with E-state index in [-0.39, 0.29) is 50.4 Å². The van der Waals surface area contributed by atoms with E-state index >= 15 is 0 Å². The molecular formula is C5H14CaO2. The fourth-order valence-electron chi connectivity index (χ4n) is 0.300. The number of aliphatic hydroxyl groups excluding tert-OH is 1. The van der Waals surface area contributed by atoms with Crippen LogP contribution in [0.4, 0.5) is 0 Å². The Hall–Kier alpha value is 1.18. The van der Waals surface area contributed by atoms with Crippen LogP contribution in [0, 0.1) is 0 Å². The van der Waals surface area contributed by atoms with Crippen molar-refractivity contribution in [3.8, 4) is 0 Å². The van der Waals surface area contributed by atoms with Gasteiger partial charge in [0.25, 0.3) is 0 Å². The Morgan fingerprint density at radius 3 is 2.25 bits per heavy atom. The summed E-state index contributed by atoms with van der Waals surface area (Å²) in [7, 11) is 1.64. The van der Waals surface area contributed by atoms with E-state index in [4.69, 9.17) is 9.84 Å². The van der Waals surface area contributed by atoms with Gasteiger partial charge in [0.15, 0.2) is 0 Å². The van der Waals surface area contributed by atoms with Crippen LogP contribution >= 0.6 is 0 Å². The second-order valence-electron chi connectivity index (χ2n) is 1.56. The van der Waals surface area contributed by atoms with Crippen molar-refractivity contribution in [3.63, 3.8) is 0 Å². The molecule has 0 amide bonds. The molecule has 48 valence electrons. The summed E-state index contributed by atoms with van der Waals surface area (Å²) in [5.74, 6) is 0. The fraction of sp³-hybridized carbons (Fsp3) is 1.00. The summed E-state index contributed by atoms with van der Waals surface area (Å²) in [6.45, 7) is 2.14. The Labute approximate surface area is 80.2 Å². The van der Waals surface area contributed by atoms with Crippen molar-refractivity contribution in [2.45, 2.75) is 19.4 Å². The molecule has 0 aromatic heterocycles. The summed E-state index contributed by atoms with van der Waals surface area (Å²) in [5, 5.41) is 8.29. The summed E-state index contributed by atoms with van der Waals surface area (Å²) >= 11 is 0. The van der Waals surface area contributed by atoms with Crippen molar-refractivity contribution >= 4 is 37.7 Å². The maximum atomic E-state index is 8.29. The van der Waals surface area contributed by atoms with Crippen molar-refractivity contribution in [1.82, 2.24) is 0 Å². The Kier molecular flexibility index (Phi) is 12.2. The van der Waals surface area contributed by atoms with Crippen LogP contribution in [0.25, 0.3) is 0 Å². The molecule has 3 heteroatoms. The van der Waals surface area contributed by atoms with Gasteiger partial charge in [0.1, 0.15) is 0 Å². The van der Waals surface area contributed by atoms with Crippen LogP contribution in [-0.2, 0) is 4.74 Å². The van der Waals surface area contributed by atoms with Crippen molar-refractivity contribution in [2.75, 3.05) is 13.7 Å². The fourth-order valence-corrected chi connectivity index (χ4v) is 0.300. The topological polar surface area (TPSA) is 29.5 Å². The predicted octanol–water partition coefficient (Wildman–Crippen LogP) is -0.512. The van der Waals surface area contributed by atoms with E-state index in [0.29, 0.717) is 0 Å². The SMILES string of the molecule is COC(C)CCO.[CaH2]. The number of rotatable bonds is 3.